The second kappa shape index (κ2) is 28.1. The van der Waals surface area contributed by atoms with Gasteiger partial charge in [-0.25, -0.2) is 42.5 Å². The normalized spacial score (nSPS) is 16.9. The first kappa shape index (κ1) is 64.2. The lowest BCUT2D eigenvalue weighted by Gasteiger charge is -2.27. The van der Waals surface area contributed by atoms with Crippen molar-refractivity contribution in [1.29, 1.82) is 0 Å². The van der Waals surface area contributed by atoms with Crippen molar-refractivity contribution in [3.05, 3.63) is 162 Å². The third-order valence-electron chi connectivity index (χ3n) is 14.0. The molecule has 4 aromatic carbocycles. The van der Waals surface area contributed by atoms with Gasteiger partial charge in [0.25, 0.3) is 5.91 Å². The first-order valence-electron chi connectivity index (χ1n) is 28.1. The molecule has 0 saturated carbocycles. The van der Waals surface area contributed by atoms with Crippen molar-refractivity contribution < 1.29 is 42.5 Å². The van der Waals surface area contributed by atoms with Crippen molar-refractivity contribution in [3.8, 4) is 11.4 Å². The number of aromatic nitrogens is 4. The first-order valence-corrected chi connectivity index (χ1v) is 29.6. The number of halogens is 6. The number of hydrazine groups is 2. The van der Waals surface area contributed by atoms with E-state index in [-0.39, 0.29) is 60.0 Å². The van der Waals surface area contributed by atoms with Crippen LogP contribution in [0.1, 0.15) is 135 Å². The molecule has 6 heterocycles. The molecule has 4 aliphatic rings. The minimum atomic E-state index is -1.21. The van der Waals surface area contributed by atoms with E-state index in [1.165, 1.54) is 53.1 Å². The highest BCUT2D eigenvalue weighted by Crippen LogP contribution is 2.37. The Morgan fingerprint density at radius 2 is 0.976 bits per heavy atom. The number of benzene rings is 4. The Balaban J connectivity index is 0.000000200. The molecule has 23 heteroatoms. The molecule has 0 bridgehead atoms. The van der Waals surface area contributed by atoms with Crippen LogP contribution in [-0.2, 0) is 22.3 Å². The number of fused-ring (bicyclic) bond motifs is 2. The molecule has 2 aromatic heterocycles. The van der Waals surface area contributed by atoms with Crippen LogP contribution in [0, 0.1) is 11.6 Å². The van der Waals surface area contributed by atoms with Gasteiger partial charge in [0.2, 0.25) is 0 Å². The molecule has 0 spiro atoms. The molecule has 4 aliphatic heterocycles. The van der Waals surface area contributed by atoms with Gasteiger partial charge in [-0.3, -0.25) is 16.1 Å². The average molecular weight is 1250 g/mol. The summed E-state index contributed by atoms with van der Waals surface area (Å²) < 4.78 is 41.7. The number of hydrogen-bond acceptors (Lipinski definition) is 11. The number of amides is 3. The Morgan fingerprint density at radius 3 is 1.35 bits per heavy atom. The van der Waals surface area contributed by atoms with Crippen molar-refractivity contribution in [2.75, 3.05) is 52.4 Å². The van der Waals surface area contributed by atoms with E-state index in [0.717, 1.165) is 51.0 Å². The van der Waals surface area contributed by atoms with E-state index in [2.05, 4.69) is 10.5 Å². The molecule has 2 fully saturated rings. The summed E-state index contributed by atoms with van der Waals surface area (Å²) in [7, 11) is 0. The predicted octanol–water partition coefficient (Wildman–Crippen LogP) is 13.5. The third-order valence-corrected chi connectivity index (χ3v) is 15.1. The molecule has 4 N–H and O–H groups in total. The zero-order valence-corrected chi connectivity index (χ0v) is 51.4. The fourth-order valence-corrected chi connectivity index (χ4v) is 11.1. The van der Waals surface area contributed by atoms with Gasteiger partial charge in [0.15, 0.2) is 11.4 Å². The van der Waals surface area contributed by atoms with Crippen molar-refractivity contribution in [2.24, 2.45) is 5.84 Å². The molecular weight excluding hydrogens is 1180 g/mol. The molecule has 0 aliphatic carbocycles. The molecular formula is C62H70Cl4F2N10O7. The largest absolute Gasteiger partial charge is 0.476 e. The monoisotopic (exact) mass is 1240 g/mol. The van der Waals surface area contributed by atoms with Gasteiger partial charge in [0, 0.05) is 60.4 Å². The second-order valence-electron chi connectivity index (χ2n) is 23.0. The van der Waals surface area contributed by atoms with Crippen LogP contribution in [0.5, 0.6) is 0 Å². The zero-order chi connectivity index (χ0) is 61.3. The summed E-state index contributed by atoms with van der Waals surface area (Å²) in [6, 6.07) is 21.8. The number of carboxylic acid groups (broad SMARTS) is 1. The summed E-state index contributed by atoms with van der Waals surface area (Å²) in [5.74, 6) is 3.19. The maximum Gasteiger partial charge on any atom is 0.410 e. The van der Waals surface area contributed by atoms with Crippen LogP contribution < -0.4 is 11.3 Å². The van der Waals surface area contributed by atoms with Gasteiger partial charge in [-0.1, -0.05) is 83.5 Å². The SMILES string of the molecule is CC(C)(C)OC(=O)N1CCc2c(C(=O)NN3CCCCC3)nn(-c3ccc(Cl)cc3Cl)c2/C(=C/c2ccc(F)cc2)C1.CC(C)(C)OC(=O)N1CCc2c(C(=O)O)nn(-c3ccc(Cl)cc3Cl)c2/C(=C/c2ccc(F)cc2)C1.NN1CCCCC1. The van der Waals surface area contributed by atoms with Crippen LogP contribution in [-0.4, -0.2) is 132 Å². The number of carbonyl (C=O) groups excluding carboxylic acids is 3. The lowest BCUT2D eigenvalue weighted by molar-refractivity contribution is 0.0269. The Morgan fingerprint density at radius 1 is 0.576 bits per heavy atom. The number of nitrogens with one attached hydrogen (secondary N) is 1. The minimum Gasteiger partial charge on any atom is -0.476 e. The fourth-order valence-electron chi connectivity index (χ4n) is 10.1. The average Bonchev–Trinajstić information content (AvgIpc) is 2.23. The second-order valence-corrected chi connectivity index (χ2v) is 24.7. The van der Waals surface area contributed by atoms with Crippen molar-refractivity contribution in [3.63, 3.8) is 0 Å². The molecule has 0 radical (unpaired) electrons. The number of nitrogens with zero attached hydrogens (tertiary/aromatic N) is 8. The molecule has 17 nitrogen and oxygen atoms in total. The number of carboxylic acids is 1. The van der Waals surface area contributed by atoms with Gasteiger partial charge < -0.3 is 24.4 Å². The number of carbonyl (C=O) groups is 4. The van der Waals surface area contributed by atoms with E-state index in [1.807, 2.05) is 36.9 Å². The van der Waals surface area contributed by atoms with Gasteiger partial charge in [0.05, 0.1) is 45.9 Å². The molecule has 3 amide bonds. The summed E-state index contributed by atoms with van der Waals surface area (Å²) in [6.07, 6.45) is 10.3. The fraction of sp³-hybridized carbons (Fsp3) is 0.387. The Hall–Kier alpha value is -6.84. The smallest absolute Gasteiger partial charge is 0.410 e. The molecule has 0 unspecified atom stereocenters. The summed E-state index contributed by atoms with van der Waals surface area (Å²) >= 11 is 25.4. The first-order chi connectivity index (χ1) is 40.3. The molecule has 10 rings (SSSR count). The van der Waals surface area contributed by atoms with Gasteiger partial charge in [-0.2, -0.15) is 10.2 Å². The number of piperidine rings is 2. The Kier molecular flexibility index (Phi) is 21.2. The van der Waals surface area contributed by atoms with Gasteiger partial charge in [0.1, 0.15) is 22.8 Å². The third kappa shape index (κ3) is 17.2. The minimum absolute atomic E-state index is 0.106. The van der Waals surface area contributed by atoms with E-state index >= 15 is 0 Å². The number of aromatic carboxylic acids is 1. The Labute approximate surface area is 513 Å². The Bertz CT molecular complexity index is 3460. The maximum atomic E-state index is 13.8. The molecule has 85 heavy (non-hydrogen) atoms. The highest BCUT2D eigenvalue weighted by atomic mass is 35.5. The van der Waals surface area contributed by atoms with E-state index in [1.54, 1.807) is 97.1 Å². The molecule has 452 valence electrons. The lowest BCUT2D eigenvalue weighted by atomic mass is 10.0. The van der Waals surface area contributed by atoms with Crippen molar-refractivity contribution >= 4 is 93.8 Å². The standard InChI is InChI=1S/C31H34Cl2FN5O3.C26H24Cl2FN3O4.C5H12N2/c1-31(2,3)42-30(41)37-16-13-24-27(29(40)36-38-14-5-4-6-15-38)35-39(26-12-9-22(32)18-25(26)33)28(24)21(19-37)17-20-7-10-23(34)11-8-20;1-26(2,3)36-25(35)31-11-10-19-22(24(33)34)30-32(21-9-6-17(27)13-20(21)28)23(19)16(14-31)12-15-4-7-18(29)8-5-15;6-7-4-2-1-3-5-7/h7-12,17-18H,4-6,13-16,19H2,1-3H3,(H,36,40);4-9,12-13H,10-11,14H2,1-3H3,(H,33,34);1-6H2/b21-17+;16-12+;. The van der Waals surface area contributed by atoms with Crippen molar-refractivity contribution in [1.82, 2.24) is 44.8 Å². The van der Waals surface area contributed by atoms with Crippen LogP contribution in [0.25, 0.3) is 34.7 Å². The highest BCUT2D eigenvalue weighted by Gasteiger charge is 2.36. The number of rotatable bonds is 7. The van der Waals surface area contributed by atoms with E-state index < -0.39 is 29.4 Å². The van der Waals surface area contributed by atoms with Gasteiger partial charge in [-0.05, 0) is 175 Å². The van der Waals surface area contributed by atoms with Crippen LogP contribution >= 0.6 is 46.4 Å². The summed E-state index contributed by atoms with van der Waals surface area (Å²) in [5.41, 5.74) is 7.61. The molecule has 6 aromatic rings. The van der Waals surface area contributed by atoms with E-state index in [4.69, 9.17) is 66.8 Å². The maximum absolute atomic E-state index is 13.8. The van der Waals surface area contributed by atoms with Crippen molar-refractivity contribution in [2.45, 2.75) is 104 Å². The van der Waals surface area contributed by atoms with Gasteiger partial charge >= 0.3 is 18.2 Å². The number of ether oxygens (including phenoxy) is 2. The number of hydrogen-bond donors (Lipinski definition) is 3. The predicted molar refractivity (Wildman–Crippen MR) is 328 cm³/mol. The van der Waals surface area contributed by atoms with E-state index in [9.17, 15) is 33.1 Å². The topological polar surface area (TPSA) is 194 Å². The van der Waals surface area contributed by atoms with Crippen LogP contribution in [0.15, 0.2) is 84.9 Å². The summed E-state index contributed by atoms with van der Waals surface area (Å²) in [4.78, 5) is 55.3. The van der Waals surface area contributed by atoms with Gasteiger partial charge in [-0.15, -0.1) is 0 Å². The number of nitrogens with two attached hydrogens (primary N) is 1. The molecule has 2 saturated heterocycles. The lowest BCUT2D eigenvalue weighted by Crippen LogP contribution is -2.45. The summed E-state index contributed by atoms with van der Waals surface area (Å²) in [6.45, 7) is 15.3. The highest BCUT2D eigenvalue weighted by molar-refractivity contribution is 6.36. The van der Waals surface area contributed by atoms with E-state index in [0.29, 0.717) is 78.6 Å². The zero-order valence-electron chi connectivity index (χ0n) is 48.4. The van der Waals surface area contributed by atoms with Crippen LogP contribution in [0.3, 0.4) is 0 Å². The summed E-state index contributed by atoms with van der Waals surface area (Å²) in [5, 5.41) is 24.5. The molecule has 0 atom stereocenters. The van der Waals surface area contributed by atoms with Crippen LogP contribution in [0.2, 0.25) is 20.1 Å². The van der Waals surface area contributed by atoms with Crippen LogP contribution in [0.4, 0.5) is 18.4 Å². The quantitative estimate of drug-likeness (QED) is 0.128.